The topological polar surface area (TPSA) is 64.3 Å². The van der Waals surface area contributed by atoms with E-state index in [1.54, 1.807) is 19.4 Å². The van der Waals surface area contributed by atoms with E-state index in [-0.39, 0.29) is 0 Å². The summed E-state index contributed by atoms with van der Waals surface area (Å²) < 4.78 is 5.12. The van der Waals surface area contributed by atoms with Gasteiger partial charge in [0.05, 0.1) is 7.11 Å². The molecule has 5 heteroatoms. The molecule has 0 aliphatic heterocycles. The van der Waals surface area contributed by atoms with Crippen molar-refractivity contribution in [2.24, 2.45) is 5.73 Å². The van der Waals surface area contributed by atoms with E-state index in [9.17, 15) is 0 Å². The van der Waals surface area contributed by atoms with Gasteiger partial charge in [0.2, 0.25) is 11.8 Å². The zero-order valence-electron chi connectivity index (χ0n) is 10.9. The molecule has 96 valence electrons. The lowest BCUT2D eigenvalue weighted by Gasteiger charge is -2.30. The number of ether oxygens (including phenoxy) is 1. The van der Waals surface area contributed by atoms with Crippen molar-refractivity contribution < 1.29 is 4.74 Å². The Bertz CT molecular complexity index is 328. The van der Waals surface area contributed by atoms with Gasteiger partial charge < -0.3 is 15.4 Å². The Hall–Kier alpha value is -1.36. The Balaban J connectivity index is 2.94. The molecule has 1 heterocycles. The predicted octanol–water partition coefficient (Wildman–Crippen LogP) is 1.44. The van der Waals surface area contributed by atoms with Crippen LogP contribution in [0.4, 0.5) is 5.95 Å². The van der Waals surface area contributed by atoms with E-state index in [4.69, 9.17) is 10.5 Å². The van der Waals surface area contributed by atoms with Crippen LogP contribution < -0.4 is 15.4 Å². The van der Waals surface area contributed by atoms with Gasteiger partial charge in [-0.2, -0.15) is 4.98 Å². The van der Waals surface area contributed by atoms with Crippen LogP contribution in [0.2, 0.25) is 0 Å². The maximum atomic E-state index is 5.66. The smallest absolute Gasteiger partial charge is 0.228 e. The van der Waals surface area contributed by atoms with E-state index in [0.717, 1.165) is 19.4 Å². The molecule has 0 amide bonds. The summed E-state index contributed by atoms with van der Waals surface area (Å²) in [6.07, 6.45) is 3.82. The van der Waals surface area contributed by atoms with Crippen LogP contribution in [0.3, 0.4) is 0 Å². The lowest BCUT2D eigenvalue weighted by molar-refractivity contribution is 0.395. The van der Waals surface area contributed by atoms with Gasteiger partial charge in [-0.25, -0.2) is 4.98 Å². The summed E-state index contributed by atoms with van der Waals surface area (Å²) in [6, 6.07) is 2.17. The SMILES string of the molecule is CCC(CC)N(CCN)c1nccc(OC)n1. The minimum Gasteiger partial charge on any atom is -0.481 e. The fourth-order valence-electron chi connectivity index (χ4n) is 1.90. The predicted molar refractivity (Wildman–Crippen MR) is 69.4 cm³/mol. The lowest BCUT2D eigenvalue weighted by Crippen LogP contribution is -2.39. The molecule has 5 nitrogen and oxygen atoms in total. The summed E-state index contributed by atoms with van der Waals surface area (Å²) in [4.78, 5) is 10.8. The molecule has 0 saturated carbocycles. The number of aromatic nitrogens is 2. The number of hydrogen-bond acceptors (Lipinski definition) is 5. The van der Waals surface area contributed by atoms with Crippen LogP contribution in [0.1, 0.15) is 26.7 Å². The van der Waals surface area contributed by atoms with Crippen molar-refractivity contribution in [3.63, 3.8) is 0 Å². The van der Waals surface area contributed by atoms with Crippen LogP contribution in [0.25, 0.3) is 0 Å². The van der Waals surface area contributed by atoms with Crippen molar-refractivity contribution in [2.75, 3.05) is 25.1 Å². The first-order valence-corrected chi connectivity index (χ1v) is 6.10. The largest absolute Gasteiger partial charge is 0.481 e. The Morgan fingerprint density at radius 2 is 2.12 bits per heavy atom. The van der Waals surface area contributed by atoms with E-state index in [2.05, 4.69) is 28.7 Å². The average molecular weight is 238 g/mol. The maximum Gasteiger partial charge on any atom is 0.228 e. The third-order valence-corrected chi connectivity index (χ3v) is 2.84. The van der Waals surface area contributed by atoms with E-state index in [0.29, 0.717) is 24.4 Å². The van der Waals surface area contributed by atoms with Gasteiger partial charge in [0.15, 0.2) is 0 Å². The number of rotatable bonds is 7. The number of nitrogens with two attached hydrogens (primary N) is 1. The molecule has 0 saturated heterocycles. The third-order valence-electron chi connectivity index (χ3n) is 2.84. The van der Waals surface area contributed by atoms with Crippen molar-refractivity contribution in [3.05, 3.63) is 12.3 Å². The minimum atomic E-state index is 0.422. The van der Waals surface area contributed by atoms with Crippen LogP contribution in [-0.2, 0) is 0 Å². The fraction of sp³-hybridized carbons (Fsp3) is 0.667. The first-order valence-electron chi connectivity index (χ1n) is 6.10. The molecule has 0 aromatic carbocycles. The molecule has 1 aromatic rings. The van der Waals surface area contributed by atoms with Gasteiger partial charge in [-0.05, 0) is 12.8 Å². The van der Waals surface area contributed by atoms with Crippen LogP contribution in [0.5, 0.6) is 5.88 Å². The second kappa shape index (κ2) is 7.06. The van der Waals surface area contributed by atoms with E-state index in [1.807, 2.05) is 0 Å². The second-order valence-electron chi connectivity index (χ2n) is 3.85. The van der Waals surface area contributed by atoms with Crippen LogP contribution >= 0.6 is 0 Å². The quantitative estimate of drug-likeness (QED) is 0.778. The molecule has 0 unspecified atom stereocenters. The standard InChI is InChI=1S/C12H22N4O/c1-4-10(5-2)16(9-7-13)12-14-8-6-11(15-12)17-3/h6,8,10H,4-5,7,9,13H2,1-3H3. The summed E-state index contributed by atoms with van der Waals surface area (Å²) in [5, 5.41) is 0. The molecule has 0 atom stereocenters. The highest BCUT2D eigenvalue weighted by molar-refractivity contribution is 5.33. The first kappa shape index (κ1) is 13.7. The van der Waals surface area contributed by atoms with Gasteiger partial charge in [-0.15, -0.1) is 0 Å². The average Bonchev–Trinajstić information content (AvgIpc) is 2.39. The molecule has 0 aliphatic rings. The molecule has 0 spiro atoms. The minimum absolute atomic E-state index is 0.422. The highest BCUT2D eigenvalue weighted by Crippen LogP contribution is 2.17. The van der Waals surface area contributed by atoms with Gasteiger partial charge >= 0.3 is 0 Å². The van der Waals surface area contributed by atoms with Crippen molar-refractivity contribution in [1.29, 1.82) is 0 Å². The Morgan fingerprint density at radius 3 is 2.65 bits per heavy atom. The molecule has 17 heavy (non-hydrogen) atoms. The fourth-order valence-corrected chi connectivity index (χ4v) is 1.90. The van der Waals surface area contributed by atoms with Crippen LogP contribution in [0.15, 0.2) is 12.3 Å². The highest BCUT2D eigenvalue weighted by Gasteiger charge is 2.17. The molecule has 0 bridgehead atoms. The van der Waals surface area contributed by atoms with E-state index in [1.165, 1.54) is 0 Å². The van der Waals surface area contributed by atoms with Crippen LogP contribution in [-0.4, -0.2) is 36.2 Å². The summed E-state index contributed by atoms with van der Waals surface area (Å²) in [6.45, 7) is 5.69. The molecular weight excluding hydrogens is 216 g/mol. The Morgan fingerprint density at radius 1 is 1.41 bits per heavy atom. The van der Waals surface area contributed by atoms with Gasteiger partial charge in [0, 0.05) is 31.4 Å². The van der Waals surface area contributed by atoms with Crippen molar-refractivity contribution >= 4 is 5.95 Å². The molecule has 0 radical (unpaired) electrons. The summed E-state index contributed by atoms with van der Waals surface area (Å²) in [5.74, 6) is 1.28. The summed E-state index contributed by atoms with van der Waals surface area (Å²) >= 11 is 0. The van der Waals surface area contributed by atoms with E-state index >= 15 is 0 Å². The van der Waals surface area contributed by atoms with Crippen molar-refractivity contribution in [1.82, 2.24) is 9.97 Å². The van der Waals surface area contributed by atoms with Gasteiger partial charge in [0.1, 0.15) is 0 Å². The monoisotopic (exact) mass is 238 g/mol. The molecule has 1 aromatic heterocycles. The van der Waals surface area contributed by atoms with Crippen molar-refractivity contribution in [3.8, 4) is 5.88 Å². The molecular formula is C12H22N4O. The normalized spacial score (nSPS) is 10.6. The molecule has 0 fully saturated rings. The van der Waals surface area contributed by atoms with Crippen LogP contribution in [0, 0.1) is 0 Å². The maximum absolute atomic E-state index is 5.66. The molecule has 2 N–H and O–H groups in total. The van der Waals surface area contributed by atoms with Gasteiger partial charge in [-0.1, -0.05) is 13.8 Å². The number of methoxy groups -OCH3 is 1. The number of hydrogen-bond donors (Lipinski definition) is 1. The van der Waals surface area contributed by atoms with Gasteiger partial charge in [0.25, 0.3) is 0 Å². The first-order chi connectivity index (χ1) is 8.26. The van der Waals surface area contributed by atoms with Gasteiger partial charge in [-0.3, -0.25) is 0 Å². The summed E-state index contributed by atoms with van der Waals surface area (Å²) in [5.41, 5.74) is 5.66. The number of nitrogens with zero attached hydrogens (tertiary/aromatic N) is 3. The Labute approximate surface area is 103 Å². The van der Waals surface area contributed by atoms with E-state index < -0.39 is 0 Å². The highest BCUT2D eigenvalue weighted by atomic mass is 16.5. The second-order valence-corrected chi connectivity index (χ2v) is 3.85. The molecule has 1 rings (SSSR count). The Kier molecular flexibility index (Phi) is 5.69. The zero-order chi connectivity index (χ0) is 12.7. The zero-order valence-corrected chi connectivity index (χ0v) is 10.9. The lowest BCUT2D eigenvalue weighted by atomic mass is 10.1. The summed E-state index contributed by atoms with van der Waals surface area (Å²) in [7, 11) is 1.61. The van der Waals surface area contributed by atoms with Crippen molar-refractivity contribution in [2.45, 2.75) is 32.7 Å². The third kappa shape index (κ3) is 3.56. The number of anilines is 1. The molecule has 0 aliphatic carbocycles.